The Morgan fingerprint density at radius 1 is 1.08 bits per heavy atom. The van der Waals surface area contributed by atoms with Crippen LogP contribution in [0.2, 0.25) is 0 Å². The van der Waals surface area contributed by atoms with E-state index in [0.29, 0.717) is 17.9 Å². The van der Waals surface area contributed by atoms with Crippen LogP contribution < -0.4 is 5.73 Å². The van der Waals surface area contributed by atoms with Gasteiger partial charge >= 0.3 is 0 Å². The Balaban J connectivity index is 0.00000156. The molecule has 144 valence electrons. The van der Waals surface area contributed by atoms with E-state index in [2.05, 4.69) is 4.90 Å². The number of nitrogens with two attached hydrogens (primary N) is 1. The Labute approximate surface area is 163 Å². The molecule has 2 heterocycles. The molecule has 25 heavy (non-hydrogen) atoms. The van der Waals surface area contributed by atoms with Crippen LogP contribution in [0, 0.1) is 5.92 Å². The van der Waals surface area contributed by atoms with Crippen molar-refractivity contribution in [3.05, 3.63) is 23.7 Å². The number of carbonyl (C=O) groups excluding carboxylic acids is 1. The van der Waals surface area contributed by atoms with Gasteiger partial charge in [0.15, 0.2) is 0 Å². The number of hydrogen-bond acceptors (Lipinski definition) is 4. The van der Waals surface area contributed by atoms with E-state index < -0.39 is 0 Å². The average molecular weight is 392 g/mol. The van der Waals surface area contributed by atoms with Gasteiger partial charge < -0.3 is 20.0 Å². The van der Waals surface area contributed by atoms with Gasteiger partial charge in [0.25, 0.3) is 5.91 Å². The second-order valence-corrected chi connectivity index (χ2v) is 6.96. The molecule has 5 nitrogen and oxygen atoms in total. The molecule has 2 aliphatic rings. The van der Waals surface area contributed by atoms with E-state index in [1.54, 1.807) is 6.07 Å². The monoisotopic (exact) mass is 391 g/mol. The van der Waals surface area contributed by atoms with Crippen molar-refractivity contribution in [2.24, 2.45) is 11.7 Å². The first-order valence-electron chi connectivity index (χ1n) is 9.05. The third kappa shape index (κ3) is 6.17. The summed E-state index contributed by atoms with van der Waals surface area (Å²) in [6.45, 7) is 5.30. The molecular formula is C18H31Cl2N3O2. The normalized spacial score (nSPS) is 19.6. The van der Waals surface area contributed by atoms with E-state index in [4.69, 9.17) is 10.2 Å². The topological polar surface area (TPSA) is 62.7 Å². The fraction of sp³-hybridized carbons (Fsp3) is 0.722. The van der Waals surface area contributed by atoms with Gasteiger partial charge in [0.1, 0.15) is 12.0 Å². The number of rotatable bonds is 4. The maximum Gasteiger partial charge on any atom is 0.257 e. The molecule has 1 amide bonds. The number of nitrogens with zero attached hydrogens (tertiary/aromatic N) is 2. The van der Waals surface area contributed by atoms with Crippen LogP contribution in [0.25, 0.3) is 0 Å². The zero-order valence-electron chi connectivity index (χ0n) is 14.8. The van der Waals surface area contributed by atoms with Crippen molar-refractivity contribution in [1.82, 2.24) is 9.80 Å². The molecule has 0 bridgehead atoms. The lowest BCUT2D eigenvalue weighted by Gasteiger charge is -2.28. The maximum absolute atomic E-state index is 12.6. The van der Waals surface area contributed by atoms with Crippen molar-refractivity contribution < 1.29 is 9.21 Å². The second-order valence-electron chi connectivity index (χ2n) is 6.96. The first kappa shape index (κ1) is 22.3. The summed E-state index contributed by atoms with van der Waals surface area (Å²) in [6, 6.07) is 1.77. The molecule has 0 unspecified atom stereocenters. The minimum atomic E-state index is 0. The molecule has 1 aromatic heterocycles. The van der Waals surface area contributed by atoms with E-state index >= 15 is 0 Å². The molecule has 1 aliphatic carbocycles. The van der Waals surface area contributed by atoms with Crippen LogP contribution in [-0.2, 0) is 6.54 Å². The SMILES string of the molecule is Cl.Cl.NCc1cc(C(=O)N2CCCN(CC3CCCCC3)CC2)co1. The standard InChI is InChI=1S/C18H29N3O2.2ClH/c19-12-17-11-16(14-23-17)18(22)21-8-4-7-20(9-10-21)13-15-5-2-1-3-6-15;;/h11,14-15H,1-10,12-13,19H2;2*1H. The van der Waals surface area contributed by atoms with E-state index in [1.807, 2.05) is 4.90 Å². The summed E-state index contributed by atoms with van der Waals surface area (Å²) in [5.74, 6) is 1.61. The predicted octanol–water partition coefficient (Wildman–Crippen LogP) is 3.31. The Morgan fingerprint density at radius 3 is 2.52 bits per heavy atom. The lowest BCUT2D eigenvalue weighted by molar-refractivity contribution is 0.0759. The summed E-state index contributed by atoms with van der Waals surface area (Å²) in [5.41, 5.74) is 6.18. The highest BCUT2D eigenvalue weighted by atomic mass is 35.5. The molecular weight excluding hydrogens is 361 g/mol. The van der Waals surface area contributed by atoms with Gasteiger partial charge in [0, 0.05) is 26.2 Å². The van der Waals surface area contributed by atoms with Crippen LogP contribution in [-0.4, -0.2) is 48.4 Å². The summed E-state index contributed by atoms with van der Waals surface area (Å²) in [4.78, 5) is 17.1. The van der Waals surface area contributed by atoms with Crippen LogP contribution in [0.3, 0.4) is 0 Å². The van der Waals surface area contributed by atoms with Gasteiger partial charge in [-0.3, -0.25) is 4.79 Å². The van der Waals surface area contributed by atoms with Gasteiger partial charge in [-0.05, 0) is 37.8 Å². The van der Waals surface area contributed by atoms with E-state index in [0.717, 1.165) is 38.5 Å². The molecule has 0 spiro atoms. The molecule has 2 fully saturated rings. The predicted molar refractivity (Wildman–Crippen MR) is 105 cm³/mol. The highest BCUT2D eigenvalue weighted by Crippen LogP contribution is 2.25. The first-order chi connectivity index (χ1) is 11.3. The van der Waals surface area contributed by atoms with E-state index in [1.165, 1.54) is 44.9 Å². The van der Waals surface area contributed by atoms with Crippen LogP contribution in [0.4, 0.5) is 0 Å². The first-order valence-corrected chi connectivity index (χ1v) is 9.05. The van der Waals surface area contributed by atoms with Crippen molar-refractivity contribution in [3.63, 3.8) is 0 Å². The molecule has 2 N–H and O–H groups in total. The van der Waals surface area contributed by atoms with Crippen molar-refractivity contribution in [2.75, 3.05) is 32.7 Å². The molecule has 1 saturated heterocycles. The minimum Gasteiger partial charge on any atom is -0.467 e. The van der Waals surface area contributed by atoms with Crippen LogP contribution in [0.15, 0.2) is 16.7 Å². The largest absolute Gasteiger partial charge is 0.467 e. The number of furan rings is 1. The number of hydrogen-bond donors (Lipinski definition) is 1. The third-order valence-electron chi connectivity index (χ3n) is 5.22. The Bertz CT molecular complexity index is 518. The Kier molecular flexibility index (Phi) is 9.87. The quantitative estimate of drug-likeness (QED) is 0.854. The molecule has 1 saturated carbocycles. The van der Waals surface area contributed by atoms with Crippen molar-refractivity contribution in [3.8, 4) is 0 Å². The molecule has 0 radical (unpaired) electrons. The zero-order chi connectivity index (χ0) is 16.1. The van der Waals surface area contributed by atoms with E-state index in [-0.39, 0.29) is 30.7 Å². The third-order valence-corrected chi connectivity index (χ3v) is 5.22. The fourth-order valence-corrected chi connectivity index (χ4v) is 3.87. The van der Waals surface area contributed by atoms with Crippen molar-refractivity contribution in [2.45, 2.75) is 45.1 Å². The number of halogens is 2. The Morgan fingerprint density at radius 2 is 1.84 bits per heavy atom. The minimum absolute atomic E-state index is 0. The van der Waals surface area contributed by atoms with Gasteiger partial charge in [-0.25, -0.2) is 0 Å². The van der Waals surface area contributed by atoms with Crippen molar-refractivity contribution >= 4 is 30.7 Å². The highest BCUT2D eigenvalue weighted by Gasteiger charge is 2.23. The summed E-state index contributed by atoms with van der Waals surface area (Å²) in [5, 5.41) is 0. The van der Waals surface area contributed by atoms with Gasteiger partial charge in [-0.15, -0.1) is 24.8 Å². The van der Waals surface area contributed by atoms with Crippen LogP contribution >= 0.6 is 24.8 Å². The smallest absolute Gasteiger partial charge is 0.257 e. The fourth-order valence-electron chi connectivity index (χ4n) is 3.87. The molecule has 1 aliphatic heterocycles. The van der Waals surface area contributed by atoms with Gasteiger partial charge in [0.05, 0.1) is 12.1 Å². The lowest BCUT2D eigenvalue weighted by Crippen LogP contribution is -2.36. The molecule has 1 aromatic rings. The summed E-state index contributed by atoms with van der Waals surface area (Å²) >= 11 is 0. The van der Waals surface area contributed by atoms with Crippen LogP contribution in [0.1, 0.15) is 54.6 Å². The molecule has 0 atom stereocenters. The van der Waals surface area contributed by atoms with Gasteiger partial charge in [-0.2, -0.15) is 0 Å². The zero-order valence-corrected chi connectivity index (χ0v) is 16.5. The van der Waals surface area contributed by atoms with Crippen LogP contribution in [0.5, 0.6) is 0 Å². The Hall–Kier alpha value is -0.750. The maximum atomic E-state index is 12.6. The summed E-state index contributed by atoms with van der Waals surface area (Å²) in [7, 11) is 0. The molecule has 0 aromatic carbocycles. The van der Waals surface area contributed by atoms with Gasteiger partial charge in [0.2, 0.25) is 0 Å². The molecule has 7 heteroatoms. The van der Waals surface area contributed by atoms with Crippen molar-refractivity contribution in [1.29, 1.82) is 0 Å². The summed E-state index contributed by atoms with van der Waals surface area (Å²) in [6.07, 6.45) is 9.57. The molecule has 3 rings (SSSR count). The lowest BCUT2D eigenvalue weighted by atomic mass is 9.89. The van der Waals surface area contributed by atoms with E-state index in [9.17, 15) is 4.79 Å². The van der Waals surface area contributed by atoms with Gasteiger partial charge in [-0.1, -0.05) is 19.3 Å². The highest BCUT2D eigenvalue weighted by molar-refractivity contribution is 5.94. The second kappa shape index (κ2) is 11.1. The summed E-state index contributed by atoms with van der Waals surface area (Å²) < 4.78 is 5.30. The average Bonchev–Trinajstić information content (AvgIpc) is 2.95. The number of amides is 1. The number of carbonyl (C=O) groups is 1.